The average molecular weight is 429 g/mol. The predicted molar refractivity (Wildman–Crippen MR) is 118 cm³/mol. The number of aliphatic carboxylic acids is 2. The largest absolute Gasteiger partial charge is 0.481 e. The van der Waals surface area contributed by atoms with Crippen molar-refractivity contribution in [2.45, 2.75) is 44.2 Å². The first-order valence-electron chi connectivity index (χ1n) is 10.5. The number of likely N-dealkylation sites (tertiary alicyclic amines) is 2. The Morgan fingerprint density at radius 2 is 1.29 bits per heavy atom. The number of aromatic nitrogens is 2. The van der Waals surface area contributed by atoms with Gasteiger partial charge >= 0.3 is 11.9 Å². The molecule has 2 aliphatic heterocycles. The Bertz CT molecular complexity index is 736. The molecule has 168 valence electrons. The zero-order valence-electron chi connectivity index (χ0n) is 18.2. The van der Waals surface area contributed by atoms with Gasteiger partial charge in [0.15, 0.2) is 0 Å². The van der Waals surface area contributed by atoms with Crippen molar-refractivity contribution in [1.82, 2.24) is 19.8 Å². The smallest absolute Gasteiger partial charge is 0.314 e. The maximum absolute atomic E-state index is 9.43. The third kappa shape index (κ3) is 8.43. The Kier molecular flexibility index (Phi) is 10.1. The second kappa shape index (κ2) is 12.8. The fourth-order valence-electron chi connectivity index (χ4n) is 3.94. The molecule has 8 heteroatoms. The van der Waals surface area contributed by atoms with E-state index in [0.29, 0.717) is 12.1 Å². The van der Waals surface area contributed by atoms with Crippen LogP contribution < -0.4 is 0 Å². The number of hydrogen-bond acceptors (Lipinski definition) is 6. The standard InChI is InChI=1S/2C10H14N2.C3H4O4/c2*1-12-7-3-5-10(12)9-4-2-6-11-8-9;4-2(5)1-3(6)7/h2*2,4,6,8,10H,3,5,7H2,1H3;1H2,(H,4,5)(H,6,7). The van der Waals surface area contributed by atoms with Crippen LogP contribution in [0.25, 0.3) is 0 Å². The molecule has 2 fully saturated rings. The number of rotatable bonds is 4. The van der Waals surface area contributed by atoms with Gasteiger partial charge in [0.05, 0.1) is 0 Å². The summed E-state index contributed by atoms with van der Waals surface area (Å²) in [5.41, 5.74) is 2.72. The van der Waals surface area contributed by atoms with Crippen molar-refractivity contribution in [3.05, 3.63) is 60.2 Å². The third-order valence-electron chi connectivity index (χ3n) is 5.48. The van der Waals surface area contributed by atoms with E-state index < -0.39 is 18.4 Å². The molecule has 2 N–H and O–H groups in total. The van der Waals surface area contributed by atoms with Gasteiger partial charge in [-0.1, -0.05) is 12.1 Å². The lowest BCUT2D eigenvalue weighted by molar-refractivity contribution is -0.147. The van der Waals surface area contributed by atoms with Crippen molar-refractivity contribution in [2.75, 3.05) is 27.2 Å². The number of carboxylic acids is 2. The molecule has 2 unspecified atom stereocenters. The van der Waals surface area contributed by atoms with Crippen LogP contribution in [0.5, 0.6) is 0 Å². The summed E-state index contributed by atoms with van der Waals surface area (Å²) in [6, 6.07) is 9.58. The van der Waals surface area contributed by atoms with Crippen molar-refractivity contribution in [2.24, 2.45) is 0 Å². The van der Waals surface area contributed by atoms with Crippen molar-refractivity contribution < 1.29 is 19.8 Å². The normalized spacial score (nSPS) is 20.8. The molecule has 0 aromatic carbocycles. The summed E-state index contributed by atoms with van der Waals surface area (Å²) < 4.78 is 0. The van der Waals surface area contributed by atoms with Crippen LogP contribution in [0, 0.1) is 0 Å². The van der Waals surface area contributed by atoms with Gasteiger partial charge in [0.2, 0.25) is 0 Å². The number of carbonyl (C=O) groups is 2. The summed E-state index contributed by atoms with van der Waals surface area (Å²) in [7, 11) is 4.37. The van der Waals surface area contributed by atoms with Gasteiger partial charge < -0.3 is 10.2 Å². The summed E-state index contributed by atoms with van der Waals surface area (Å²) >= 11 is 0. The molecule has 2 aromatic rings. The SMILES string of the molecule is CN1CCCC1c1cccnc1.CN1CCCC1c1cccnc1.O=C(O)CC(=O)O. The Morgan fingerprint density at radius 1 is 0.871 bits per heavy atom. The van der Waals surface area contributed by atoms with Gasteiger partial charge in [-0.05, 0) is 76.1 Å². The summed E-state index contributed by atoms with van der Waals surface area (Å²) in [5.74, 6) is -2.62. The van der Waals surface area contributed by atoms with E-state index >= 15 is 0 Å². The lowest BCUT2D eigenvalue weighted by Crippen LogP contribution is -2.17. The van der Waals surface area contributed by atoms with Crippen LogP contribution >= 0.6 is 0 Å². The van der Waals surface area contributed by atoms with E-state index in [1.54, 1.807) is 0 Å². The monoisotopic (exact) mass is 428 g/mol. The molecule has 8 nitrogen and oxygen atoms in total. The van der Waals surface area contributed by atoms with E-state index in [9.17, 15) is 9.59 Å². The number of hydrogen-bond donors (Lipinski definition) is 2. The highest BCUT2D eigenvalue weighted by atomic mass is 16.4. The van der Waals surface area contributed by atoms with E-state index in [2.05, 4.69) is 46.0 Å². The Hall–Kier alpha value is -2.84. The zero-order valence-corrected chi connectivity index (χ0v) is 18.2. The highest BCUT2D eigenvalue weighted by molar-refractivity contribution is 5.88. The Balaban J connectivity index is 0.000000173. The topological polar surface area (TPSA) is 107 Å². The quantitative estimate of drug-likeness (QED) is 0.715. The van der Waals surface area contributed by atoms with E-state index in [1.165, 1.54) is 49.9 Å². The van der Waals surface area contributed by atoms with Gasteiger partial charge in [-0.15, -0.1) is 0 Å². The summed E-state index contributed by atoms with van der Waals surface area (Å²) in [6.45, 7) is 2.44. The van der Waals surface area contributed by atoms with Crippen LogP contribution in [0.1, 0.15) is 55.3 Å². The molecule has 31 heavy (non-hydrogen) atoms. The highest BCUT2D eigenvalue weighted by Gasteiger charge is 2.22. The molecule has 0 bridgehead atoms. The molecule has 4 rings (SSSR count). The van der Waals surface area contributed by atoms with Crippen LogP contribution in [0.3, 0.4) is 0 Å². The molecule has 2 aromatic heterocycles. The maximum atomic E-state index is 9.43. The third-order valence-corrected chi connectivity index (χ3v) is 5.48. The molecule has 0 amide bonds. The predicted octanol–water partition coefficient (Wildman–Crippen LogP) is 3.24. The molecule has 0 aliphatic carbocycles. The van der Waals surface area contributed by atoms with E-state index in [-0.39, 0.29) is 0 Å². The van der Waals surface area contributed by atoms with Crippen molar-refractivity contribution >= 4 is 11.9 Å². The molecule has 4 heterocycles. The van der Waals surface area contributed by atoms with Crippen LogP contribution in [0.4, 0.5) is 0 Å². The molecular formula is C23H32N4O4. The minimum atomic E-state index is -1.31. The van der Waals surface area contributed by atoms with Crippen LogP contribution in [-0.2, 0) is 9.59 Å². The second-order valence-electron chi connectivity index (χ2n) is 7.81. The van der Waals surface area contributed by atoms with Crippen LogP contribution in [-0.4, -0.2) is 69.1 Å². The molecule has 0 radical (unpaired) electrons. The van der Waals surface area contributed by atoms with Crippen LogP contribution in [0.2, 0.25) is 0 Å². The van der Waals surface area contributed by atoms with Gasteiger partial charge in [0, 0.05) is 36.9 Å². The zero-order chi connectivity index (χ0) is 22.6. The highest BCUT2D eigenvalue weighted by Crippen LogP contribution is 2.30. The first-order valence-corrected chi connectivity index (χ1v) is 10.5. The molecular weight excluding hydrogens is 396 g/mol. The average Bonchev–Trinajstić information content (AvgIpc) is 3.37. The van der Waals surface area contributed by atoms with Crippen molar-refractivity contribution in [3.8, 4) is 0 Å². The summed E-state index contributed by atoms with van der Waals surface area (Å²) in [6.07, 6.45) is 12.0. The maximum Gasteiger partial charge on any atom is 0.314 e. The minimum absolute atomic E-state index is 0.610. The lowest BCUT2D eigenvalue weighted by atomic mass is 10.1. The summed E-state index contributed by atoms with van der Waals surface area (Å²) in [4.78, 5) is 31.9. The molecule has 0 saturated carbocycles. The second-order valence-corrected chi connectivity index (χ2v) is 7.81. The van der Waals surface area contributed by atoms with Crippen molar-refractivity contribution in [1.29, 1.82) is 0 Å². The molecule has 2 aliphatic rings. The Morgan fingerprint density at radius 3 is 1.52 bits per heavy atom. The van der Waals surface area contributed by atoms with Crippen LogP contribution in [0.15, 0.2) is 49.1 Å². The first kappa shape index (κ1) is 24.4. The number of carboxylic acid groups (broad SMARTS) is 2. The van der Waals surface area contributed by atoms with Gasteiger partial charge in [-0.2, -0.15) is 0 Å². The molecule has 2 atom stereocenters. The lowest BCUT2D eigenvalue weighted by Gasteiger charge is -2.18. The van der Waals surface area contributed by atoms with Gasteiger partial charge in [0.25, 0.3) is 0 Å². The van der Waals surface area contributed by atoms with Crippen molar-refractivity contribution in [3.63, 3.8) is 0 Å². The van der Waals surface area contributed by atoms with E-state index in [1.807, 2.05) is 36.9 Å². The molecule has 0 spiro atoms. The Labute approximate surface area is 183 Å². The van der Waals surface area contributed by atoms with Gasteiger partial charge in [-0.25, -0.2) is 0 Å². The fraction of sp³-hybridized carbons (Fsp3) is 0.478. The van der Waals surface area contributed by atoms with E-state index in [4.69, 9.17) is 10.2 Å². The van der Waals surface area contributed by atoms with Gasteiger partial charge in [0.1, 0.15) is 6.42 Å². The fourth-order valence-corrected chi connectivity index (χ4v) is 3.94. The summed E-state index contributed by atoms with van der Waals surface area (Å²) in [5, 5.41) is 15.4. The number of nitrogens with zero attached hydrogens (tertiary/aromatic N) is 4. The first-order chi connectivity index (χ1) is 14.9. The number of pyridine rings is 2. The molecule has 2 saturated heterocycles. The van der Waals surface area contributed by atoms with E-state index in [0.717, 1.165) is 0 Å². The minimum Gasteiger partial charge on any atom is -0.481 e. The van der Waals surface area contributed by atoms with Gasteiger partial charge in [-0.3, -0.25) is 29.4 Å².